The van der Waals surface area contributed by atoms with Crippen LogP contribution in [0.4, 0.5) is 5.69 Å². The van der Waals surface area contributed by atoms with E-state index < -0.39 is 9.84 Å². The number of carbonyl (C=O) groups excluding carboxylic acids is 1. The third-order valence-electron chi connectivity index (χ3n) is 3.17. The van der Waals surface area contributed by atoms with Crippen molar-refractivity contribution in [1.29, 1.82) is 0 Å². The lowest BCUT2D eigenvalue weighted by molar-refractivity contribution is -0.115. The summed E-state index contributed by atoms with van der Waals surface area (Å²) in [6.45, 7) is 2.47. The molecule has 0 radical (unpaired) electrons. The number of hydrogen-bond acceptors (Lipinski definition) is 4. The molecule has 0 atom stereocenters. The minimum atomic E-state index is -3.13. The van der Waals surface area contributed by atoms with Gasteiger partial charge in [0, 0.05) is 18.7 Å². The van der Waals surface area contributed by atoms with E-state index in [9.17, 15) is 13.2 Å². The molecule has 0 saturated heterocycles. The van der Waals surface area contributed by atoms with Gasteiger partial charge < -0.3 is 11.1 Å². The fourth-order valence-electron chi connectivity index (χ4n) is 1.87. The number of nitrogens with one attached hydrogen (secondary N) is 1. The van der Waals surface area contributed by atoms with Crippen molar-refractivity contribution in [2.24, 2.45) is 5.73 Å². The van der Waals surface area contributed by atoms with Gasteiger partial charge in [-0.25, -0.2) is 8.42 Å². The first kappa shape index (κ1) is 17.7. The minimum absolute atomic E-state index is 0.00685. The molecule has 0 aliphatic carbocycles. The molecule has 0 heterocycles. The smallest absolute Gasteiger partial charge is 0.225 e. The van der Waals surface area contributed by atoms with E-state index in [0.29, 0.717) is 18.7 Å². The number of benzene rings is 1. The Morgan fingerprint density at radius 1 is 1.14 bits per heavy atom. The highest BCUT2D eigenvalue weighted by atomic mass is 32.2. The van der Waals surface area contributed by atoms with Crippen molar-refractivity contribution in [3.8, 4) is 0 Å². The van der Waals surface area contributed by atoms with Crippen molar-refractivity contribution < 1.29 is 13.2 Å². The fourth-order valence-corrected chi connectivity index (χ4v) is 3.21. The Morgan fingerprint density at radius 3 is 2.38 bits per heavy atom. The zero-order chi connectivity index (χ0) is 15.7. The molecule has 0 saturated carbocycles. The van der Waals surface area contributed by atoms with Gasteiger partial charge in [-0.1, -0.05) is 31.9 Å². The highest BCUT2D eigenvalue weighted by Crippen LogP contribution is 2.10. The number of anilines is 1. The van der Waals surface area contributed by atoms with Crippen molar-refractivity contribution >= 4 is 21.4 Å². The van der Waals surface area contributed by atoms with Crippen molar-refractivity contribution in [3.05, 3.63) is 29.8 Å². The highest BCUT2D eigenvalue weighted by molar-refractivity contribution is 7.91. The quantitative estimate of drug-likeness (QED) is 0.683. The highest BCUT2D eigenvalue weighted by Gasteiger charge is 2.13. The molecule has 0 aromatic heterocycles. The normalized spacial score (nSPS) is 11.3. The first-order chi connectivity index (χ1) is 9.96. The van der Waals surface area contributed by atoms with E-state index in [1.165, 1.54) is 0 Å². The molecule has 0 fully saturated rings. The Morgan fingerprint density at radius 2 is 1.81 bits per heavy atom. The average molecular weight is 312 g/mol. The number of rotatable bonds is 9. The van der Waals surface area contributed by atoms with Crippen LogP contribution in [0, 0.1) is 0 Å². The molecule has 0 aliphatic rings. The van der Waals surface area contributed by atoms with Crippen LogP contribution in [0.1, 0.15) is 38.2 Å². The van der Waals surface area contributed by atoms with Crippen molar-refractivity contribution in [2.75, 3.05) is 16.8 Å². The van der Waals surface area contributed by atoms with Gasteiger partial charge in [-0.05, 0) is 24.1 Å². The Balaban J connectivity index is 2.39. The largest absolute Gasteiger partial charge is 0.326 e. The second kappa shape index (κ2) is 8.79. The van der Waals surface area contributed by atoms with E-state index in [4.69, 9.17) is 5.73 Å². The number of nitrogens with two attached hydrogens (primary N) is 1. The summed E-state index contributed by atoms with van der Waals surface area (Å²) in [4.78, 5) is 11.7. The third-order valence-corrected chi connectivity index (χ3v) is 4.91. The number of unbranched alkanes of at least 4 members (excludes halogenated alkanes) is 2. The maximum absolute atomic E-state index is 11.8. The van der Waals surface area contributed by atoms with E-state index in [1.54, 1.807) is 12.1 Å². The predicted molar refractivity (Wildman–Crippen MR) is 85.8 cm³/mol. The topological polar surface area (TPSA) is 89.3 Å². The van der Waals surface area contributed by atoms with Gasteiger partial charge in [0.2, 0.25) is 5.91 Å². The predicted octanol–water partition coefficient (Wildman–Crippen LogP) is 2.08. The maximum Gasteiger partial charge on any atom is 0.225 e. The molecule has 0 bridgehead atoms. The number of amides is 1. The van der Waals surface area contributed by atoms with Crippen LogP contribution in [0.3, 0.4) is 0 Å². The van der Waals surface area contributed by atoms with Crippen LogP contribution in [0.5, 0.6) is 0 Å². The van der Waals surface area contributed by atoms with Crippen molar-refractivity contribution in [1.82, 2.24) is 0 Å². The van der Waals surface area contributed by atoms with Crippen LogP contribution in [0.2, 0.25) is 0 Å². The number of hydrogen-bond donors (Lipinski definition) is 2. The first-order valence-corrected chi connectivity index (χ1v) is 9.08. The lowest BCUT2D eigenvalue weighted by Gasteiger charge is -2.07. The van der Waals surface area contributed by atoms with Gasteiger partial charge in [-0.15, -0.1) is 0 Å². The second-order valence-electron chi connectivity index (χ2n) is 5.06. The van der Waals surface area contributed by atoms with Gasteiger partial charge in [0.1, 0.15) is 0 Å². The van der Waals surface area contributed by atoms with E-state index in [-0.39, 0.29) is 23.8 Å². The molecular formula is C15H24N2O3S. The third kappa shape index (κ3) is 7.24. The summed E-state index contributed by atoms with van der Waals surface area (Å²) >= 11 is 0. The number of carbonyl (C=O) groups is 1. The van der Waals surface area contributed by atoms with Gasteiger partial charge in [0.05, 0.1) is 11.5 Å². The number of sulfone groups is 1. The standard InChI is InChI=1S/C15H24N2O3S/c1-2-3-4-10-21(19,20)11-9-15(18)17-14-7-5-13(12-16)6-8-14/h5-8H,2-4,9-12,16H2,1H3,(H,17,18). The summed E-state index contributed by atoms with van der Waals surface area (Å²) in [5.41, 5.74) is 7.12. The van der Waals surface area contributed by atoms with Gasteiger partial charge in [0.15, 0.2) is 9.84 Å². The lowest BCUT2D eigenvalue weighted by Crippen LogP contribution is -2.19. The van der Waals surface area contributed by atoms with Crippen molar-refractivity contribution in [2.45, 2.75) is 39.2 Å². The van der Waals surface area contributed by atoms with Crippen LogP contribution >= 0.6 is 0 Å². The summed E-state index contributed by atoms with van der Waals surface area (Å²) in [5.74, 6) is -0.211. The Bertz CT molecular complexity index is 539. The molecule has 0 spiro atoms. The van der Waals surface area contributed by atoms with Crippen LogP contribution in [-0.4, -0.2) is 25.8 Å². The molecular weight excluding hydrogens is 288 g/mol. The molecule has 5 nitrogen and oxygen atoms in total. The molecule has 21 heavy (non-hydrogen) atoms. The zero-order valence-corrected chi connectivity index (χ0v) is 13.3. The van der Waals surface area contributed by atoms with Gasteiger partial charge in [0.25, 0.3) is 0 Å². The van der Waals surface area contributed by atoms with Gasteiger partial charge >= 0.3 is 0 Å². The van der Waals surface area contributed by atoms with Crippen LogP contribution in [0.15, 0.2) is 24.3 Å². The van der Waals surface area contributed by atoms with Crippen LogP contribution in [0.25, 0.3) is 0 Å². The van der Waals surface area contributed by atoms with Crippen LogP contribution in [-0.2, 0) is 21.2 Å². The minimum Gasteiger partial charge on any atom is -0.326 e. The van der Waals surface area contributed by atoms with E-state index in [2.05, 4.69) is 5.32 Å². The molecule has 1 rings (SSSR count). The molecule has 0 unspecified atom stereocenters. The molecule has 6 heteroatoms. The molecule has 1 aromatic carbocycles. The average Bonchev–Trinajstić information content (AvgIpc) is 2.46. The van der Waals surface area contributed by atoms with E-state index in [1.807, 2.05) is 19.1 Å². The maximum atomic E-state index is 11.8. The first-order valence-electron chi connectivity index (χ1n) is 7.26. The van der Waals surface area contributed by atoms with E-state index >= 15 is 0 Å². The Labute approximate surface area is 126 Å². The summed E-state index contributed by atoms with van der Waals surface area (Å²) < 4.78 is 23.5. The SMILES string of the molecule is CCCCCS(=O)(=O)CCC(=O)Nc1ccc(CN)cc1. The zero-order valence-electron chi connectivity index (χ0n) is 12.5. The van der Waals surface area contributed by atoms with E-state index in [0.717, 1.165) is 18.4 Å². The van der Waals surface area contributed by atoms with Crippen molar-refractivity contribution in [3.63, 3.8) is 0 Å². The summed E-state index contributed by atoms with van der Waals surface area (Å²) in [6.07, 6.45) is 2.54. The van der Waals surface area contributed by atoms with Crippen LogP contribution < -0.4 is 11.1 Å². The molecule has 1 aromatic rings. The summed E-state index contributed by atoms with van der Waals surface area (Å²) in [5, 5.41) is 2.69. The monoisotopic (exact) mass is 312 g/mol. The lowest BCUT2D eigenvalue weighted by atomic mass is 10.2. The molecule has 1 amide bonds. The summed E-state index contributed by atoms with van der Waals surface area (Å²) in [6, 6.07) is 7.18. The van der Waals surface area contributed by atoms with Gasteiger partial charge in [-0.2, -0.15) is 0 Å². The molecule has 3 N–H and O–H groups in total. The molecule has 118 valence electrons. The van der Waals surface area contributed by atoms with Gasteiger partial charge in [-0.3, -0.25) is 4.79 Å². The Kier molecular flexibility index (Phi) is 7.39. The molecule has 0 aliphatic heterocycles. The summed E-state index contributed by atoms with van der Waals surface area (Å²) in [7, 11) is -3.13. The second-order valence-corrected chi connectivity index (χ2v) is 7.36. The Hall–Kier alpha value is -1.40. The fraction of sp³-hybridized carbons (Fsp3) is 0.533.